The van der Waals surface area contributed by atoms with E-state index in [1.54, 1.807) is 24.3 Å². The topological polar surface area (TPSA) is 122 Å². The third kappa shape index (κ3) is 4.33. The fourth-order valence-corrected chi connectivity index (χ4v) is 6.69. The van der Waals surface area contributed by atoms with Crippen LogP contribution in [0.1, 0.15) is 5.69 Å². The highest BCUT2D eigenvalue weighted by molar-refractivity contribution is 8.15. The number of hydrogen-bond acceptors (Lipinski definition) is 8. The standard InChI is InChI=1S/C19H20N4O5S3/c1-23(31(26,27)17-8-3-4-9-20-17)16-7-5-6-13-10-15(22-18(13)16)19-21-11-14(29-19)12-30(24,25)28-2/h3-10,14,22H,11-12H2,1-2H3. The fourth-order valence-electron chi connectivity index (χ4n) is 3.24. The van der Waals surface area contributed by atoms with E-state index >= 15 is 0 Å². The first-order valence-electron chi connectivity index (χ1n) is 9.23. The van der Waals surface area contributed by atoms with Gasteiger partial charge in [-0.15, -0.1) is 0 Å². The van der Waals surface area contributed by atoms with Crippen LogP contribution < -0.4 is 4.31 Å². The third-order valence-electron chi connectivity index (χ3n) is 4.83. The predicted octanol–water partition coefficient (Wildman–Crippen LogP) is 2.23. The van der Waals surface area contributed by atoms with Crippen molar-refractivity contribution in [3.05, 3.63) is 54.4 Å². The Labute approximate surface area is 184 Å². The molecule has 1 aliphatic rings. The number of H-pyrrole nitrogens is 1. The van der Waals surface area contributed by atoms with E-state index in [1.807, 2.05) is 12.1 Å². The summed E-state index contributed by atoms with van der Waals surface area (Å²) >= 11 is 1.36. The summed E-state index contributed by atoms with van der Waals surface area (Å²) < 4.78 is 55.1. The number of hydrogen-bond donors (Lipinski definition) is 1. The van der Waals surface area contributed by atoms with E-state index in [0.717, 1.165) is 12.5 Å². The van der Waals surface area contributed by atoms with E-state index in [9.17, 15) is 16.8 Å². The molecule has 1 N–H and O–H groups in total. The normalized spacial score (nSPS) is 17.1. The van der Waals surface area contributed by atoms with Crippen molar-refractivity contribution >= 4 is 53.5 Å². The van der Waals surface area contributed by atoms with Crippen LogP contribution in [0.5, 0.6) is 0 Å². The van der Waals surface area contributed by atoms with Crippen LogP contribution in [0.4, 0.5) is 5.69 Å². The molecule has 3 heterocycles. The Morgan fingerprint density at radius 1 is 1.19 bits per heavy atom. The summed E-state index contributed by atoms with van der Waals surface area (Å²) in [6.07, 6.45) is 1.43. The molecule has 164 valence electrons. The molecule has 0 spiro atoms. The number of aromatic nitrogens is 2. The quantitative estimate of drug-likeness (QED) is 0.515. The number of pyridine rings is 1. The van der Waals surface area contributed by atoms with Crippen molar-refractivity contribution < 1.29 is 21.0 Å². The molecule has 1 aromatic carbocycles. The number of thioether (sulfide) groups is 1. The zero-order valence-corrected chi connectivity index (χ0v) is 19.2. The molecule has 9 nitrogen and oxygen atoms in total. The van der Waals surface area contributed by atoms with E-state index in [-0.39, 0.29) is 16.0 Å². The molecule has 0 radical (unpaired) electrons. The van der Waals surface area contributed by atoms with Gasteiger partial charge in [0.25, 0.3) is 20.1 Å². The van der Waals surface area contributed by atoms with Crippen LogP contribution in [0.25, 0.3) is 10.9 Å². The predicted molar refractivity (Wildman–Crippen MR) is 122 cm³/mol. The molecule has 0 saturated heterocycles. The number of para-hydroxylation sites is 1. The Balaban J connectivity index is 1.64. The lowest BCUT2D eigenvalue weighted by molar-refractivity contribution is 0.397. The van der Waals surface area contributed by atoms with Gasteiger partial charge in [-0.3, -0.25) is 13.5 Å². The highest BCUT2D eigenvalue weighted by atomic mass is 32.2. The third-order valence-corrected chi connectivity index (χ3v) is 9.27. The Morgan fingerprint density at radius 2 is 2.00 bits per heavy atom. The van der Waals surface area contributed by atoms with Crippen molar-refractivity contribution in [1.29, 1.82) is 0 Å². The summed E-state index contributed by atoms with van der Waals surface area (Å²) in [6.45, 7) is 0.360. The van der Waals surface area contributed by atoms with Gasteiger partial charge in [0.2, 0.25) is 0 Å². The Bertz CT molecular complexity index is 1350. The second kappa shape index (κ2) is 8.26. The molecule has 3 aromatic rings. The minimum Gasteiger partial charge on any atom is -0.351 e. The van der Waals surface area contributed by atoms with Crippen molar-refractivity contribution in [2.24, 2.45) is 4.99 Å². The van der Waals surface area contributed by atoms with Gasteiger partial charge in [-0.1, -0.05) is 30.0 Å². The molecular formula is C19H20N4O5S3. The number of aliphatic imine (C=N–C) groups is 1. The first-order valence-corrected chi connectivity index (χ1v) is 13.1. The van der Waals surface area contributed by atoms with Crippen LogP contribution in [0, 0.1) is 0 Å². The summed E-state index contributed by atoms with van der Waals surface area (Å²) in [7, 11) is -4.79. The number of fused-ring (bicyclic) bond motifs is 1. The van der Waals surface area contributed by atoms with Crippen LogP contribution in [-0.2, 0) is 24.3 Å². The SMILES string of the molecule is COS(=O)(=O)CC1CN=C(c2cc3cccc(N(C)S(=O)(=O)c4ccccn4)c3[nH]2)S1. The van der Waals surface area contributed by atoms with Gasteiger partial charge in [0.05, 0.1) is 36.3 Å². The molecule has 1 unspecified atom stereocenters. The van der Waals surface area contributed by atoms with Gasteiger partial charge in [0, 0.05) is 23.9 Å². The van der Waals surface area contributed by atoms with E-state index in [2.05, 4.69) is 19.1 Å². The van der Waals surface area contributed by atoms with Crippen LogP contribution in [0.3, 0.4) is 0 Å². The number of rotatable bonds is 7. The fraction of sp³-hybridized carbons (Fsp3) is 0.263. The smallest absolute Gasteiger partial charge is 0.281 e. The molecule has 0 aliphatic carbocycles. The van der Waals surface area contributed by atoms with Gasteiger partial charge >= 0.3 is 0 Å². The molecule has 2 aromatic heterocycles. The molecule has 0 bridgehead atoms. The maximum atomic E-state index is 13.0. The average molecular weight is 481 g/mol. The zero-order valence-electron chi connectivity index (χ0n) is 16.7. The van der Waals surface area contributed by atoms with Crippen LogP contribution in [0.2, 0.25) is 0 Å². The molecule has 31 heavy (non-hydrogen) atoms. The number of nitrogens with one attached hydrogen (secondary N) is 1. The van der Waals surface area contributed by atoms with Crippen molar-refractivity contribution in [2.75, 3.05) is 30.8 Å². The summed E-state index contributed by atoms with van der Waals surface area (Å²) in [5.41, 5.74) is 1.81. The van der Waals surface area contributed by atoms with Crippen molar-refractivity contribution in [2.45, 2.75) is 10.3 Å². The number of nitrogens with zero attached hydrogens (tertiary/aromatic N) is 3. The lowest BCUT2D eigenvalue weighted by Gasteiger charge is -2.19. The average Bonchev–Trinajstić information content (AvgIpc) is 3.40. The Morgan fingerprint density at radius 3 is 2.71 bits per heavy atom. The molecule has 0 amide bonds. The van der Waals surface area contributed by atoms with Gasteiger partial charge in [-0.05, 0) is 24.3 Å². The van der Waals surface area contributed by atoms with E-state index in [1.165, 1.54) is 35.4 Å². The van der Waals surface area contributed by atoms with Crippen LogP contribution >= 0.6 is 11.8 Å². The van der Waals surface area contributed by atoms with Crippen molar-refractivity contribution in [1.82, 2.24) is 9.97 Å². The molecule has 12 heteroatoms. The minimum atomic E-state index is -3.84. The van der Waals surface area contributed by atoms with Crippen molar-refractivity contribution in [3.8, 4) is 0 Å². The van der Waals surface area contributed by atoms with Gasteiger partial charge in [-0.2, -0.15) is 16.8 Å². The summed E-state index contributed by atoms with van der Waals surface area (Å²) in [4.78, 5) is 11.7. The largest absolute Gasteiger partial charge is 0.351 e. The highest BCUT2D eigenvalue weighted by Gasteiger charge is 2.28. The molecule has 4 rings (SSSR count). The lowest BCUT2D eigenvalue weighted by Crippen LogP contribution is -2.27. The molecular weight excluding hydrogens is 460 g/mol. The summed E-state index contributed by atoms with van der Waals surface area (Å²) in [6, 6.07) is 12.0. The number of benzene rings is 1. The number of sulfonamides is 1. The first kappa shape index (κ1) is 21.8. The summed E-state index contributed by atoms with van der Waals surface area (Å²) in [5, 5.41) is 1.21. The number of anilines is 1. The maximum Gasteiger partial charge on any atom is 0.281 e. The number of aromatic amines is 1. The minimum absolute atomic E-state index is 0.0424. The van der Waals surface area contributed by atoms with E-state index < -0.39 is 20.1 Å². The molecule has 1 atom stereocenters. The van der Waals surface area contributed by atoms with Gasteiger partial charge < -0.3 is 4.98 Å². The van der Waals surface area contributed by atoms with Gasteiger partial charge in [0.1, 0.15) is 5.04 Å². The second-order valence-electron chi connectivity index (χ2n) is 6.84. The van der Waals surface area contributed by atoms with E-state index in [4.69, 9.17) is 0 Å². The van der Waals surface area contributed by atoms with Crippen LogP contribution in [-0.4, -0.2) is 63.6 Å². The molecule has 0 saturated carbocycles. The molecule has 1 aliphatic heterocycles. The summed E-state index contributed by atoms with van der Waals surface area (Å²) in [5.74, 6) is -0.127. The van der Waals surface area contributed by atoms with Gasteiger partial charge in [0.15, 0.2) is 5.03 Å². The lowest BCUT2D eigenvalue weighted by atomic mass is 10.2. The van der Waals surface area contributed by atoms with Crippen LogP contribution in [0.15, 0.2) is 58.7 Å². The first-order chi connectivity index (χ1) is 14.7. The monoisotopic (exact) mass is 480 g/mol. The molecule has 0 fully saturated rings. The second-order valence-corrected chi connectivity index (χ2v) is 11.8. The Hall–Kier alpha value is -2.41. The highest BCUT2D eigenvalue weighted by Crippen LogP contribution is 2.33. The van der Waals surface area contributed by atoms with Crippen molar-refractivity contribution in [3.63, 3.8) is 0 Å². The zero-order chi connectivity index (χ0) is 22.2. The van der Waals surface area contributed by atoms with E-state index in [0.29, 0.717) is 28.5 Å². The van der Waals surface area contributed by atoms with Gasteiger partial charge in [-0.25, -0.2) is 4.98 Å². The maximum absolute atomic E-state index is 13.0. The Kier molecular flexibility index (Phi) is 5.81.